The lowest BCUT2D eigenvalue weighted by atomic mass is 9.99. The minimum atomic E-state index is -1.57. The molecule has 6 N–H and O–H groups in total. The van der Waals surface area contributed by atoms with Gasteiger partial charge in [-0.25, -0.2) is 0 Å². The Bertz CT molecular complexity index is 1570. The highest BCUT2D eigenvalue weighted by Crippen LogP contribution is 2.23. The first-order chi connectivity index (χ1) is 36.3. The molecule has 0 aromatic rings. The van der Waals surface area contributed by atoms with Crippen molar-refractivity contribution in [1.29, 1.82) is 0 Å². The lowest BCUT2D eigenvalue weighted by Crippen LogP contribution is -2.60. The van der Waals surface area contributed by atoms with Crippen molar-refractivity contribution in [2.45, 2.75) is 269 Å². The van der Waals surface area contributed by atoms with E-state index in [1.807, 2.05) is 6.08 Å². The van der Waals surface area contributed by atoms with Crippen molar-refractivity contribution in [3.63, 3.8) is 0 Å². The SMILES string of the molecule is CC/C=C\C/C=C\C/C=C\C/C=C\C/C=C\C/C=C\C/C=C\C/C=C\C/C=C\CCCCCCCCCCCCCC(=O)NC(COC1OC(CO)C(O)C(O)C1O)C(O)/C=C/CCCCCCCCCCCC. The number of nitrogens with one attached hydrogen (secondary N) is 1. The van der Waals surface area contributed by atoms with Gasteiger partial charge >= 0.3 is 0 Å². The van der Waals surface area contributed by atoms with Crippen LogP contribution in [0.1, 0.15) is 226 Å². The molecule has 1 heterocycles. The van der Waals surface area contributed by atoms with Crippen LogP contribution in [0.3, 0.4) is 0 Å². The monoisotopic (exact) mass is 1030 g/mol. The van der Waals surface area contributed by atoms with Crippen LogP contribution in [0.15, 0.2) is 122 Å². The Morgan fingerprint density at radius 3 is 1.24 bits per heavy atom. The van der Waals surface area contributed by atoms with Crippen molar-refractivity contribution in [3.8, 4) is 0 Å². The lowest BCUT2D eigenvalue weighted by Gasteiger charge is -2.40. The summed E-state index contributed by atoms with van der Waals surface area (Å²) in [6.07, 6.45) is 72.7. The van der Waals surface area contributed by atoms with Crippen molar-refractivity contribution >= 4 is 5.91 Å². The number of ether oxygens (including phenoxy) is 2. The summed E-state index contributed by atoms with van der Waals surface area (Å²) in [7, 11) is 0. The molecule has 9 nitrogen and oxygen atoms in total. The number of allylic oxidation sites excluding steroid dienone is 19. The van der Waals surface area contributed by atoms with Crippen LogP contribution >= 0.6 is 0 Å². The van der Waals surface area contributed by atoms with Gasteiger partial charge < -0.3 is 40.3 Å². The largest absolute Gasteiger partial charge is 0.394 e. The molecule has 1 saturated heterocycles. The first-order valence-electron chi connectivity index (χ1n) is 29.8. The van der Waals surface area contributed by atoms with Crippen molar-refractivity contribution in [1.82, 2.24) is 5.32 Å². The predicted octanol–water partition coefficient (Wildman–Crippen LogP) is 15.1. The Kier molecular flexibility index (Phi) is 49.1. The summed E-state index contributed by atoms with van der Waals surface area (Å²) in [5.41, 5.74) is 0. The molecule has 0 aromatic heterocycles. The maximum absolute atomic E-state index is 13.0. The normalized spacial score (nSPS) is 19.9. The fourth-order valence-corrected chi connectivity index (χ4v) is 8.62. The van der Waals surface area contributed by atoms with Gasteiger partial charge in [0.1, 0.15) is 24.4 Å². The molecule has 1 aliphatic rings. The summed E-state index contributed by atoms with van der Waals surface area (Å²) >= 11 is 0. The van der Waals surface area contributed by atoms with E-state index in [4.69, 9.17) is 9.47 Å². The molecule has 1 amide bonds. The topological polar surface area (TPSA) is 149 Å². The summed E-state index contributed by atoms with van der Waals surface area (Å²) < 4.78 is 11.2. The van der Waals surface area contributed by atoms with Crippen LogP contribution < -0.4 is 5.32 Å². The summed E-state index contributed by atoms with van der Waals surface area (Å²) in [4.78, 5) is 13.0. The van der Waals surface area contributed by atoms with Crippen LogP contribution in [0.2, 0.25) is 0 Å². The minimum absolute atomic E-state index is 0.186. The lowest BCUT2D eigenvalue weighted by molar-refractivity contribution is -0.302. The second kappa shape index (κ2) is 53.0. The van der Waals surface area contributed by atoms with E-state index in [1.165, 1.54) is 103 Å². The smallest absolute Gasteiger partial charge is 0.220 e. The molecule has 0 bridgehead atoms. The second-order valence-corrected chi connectivity index (χ2v) is 20.1. The van der Waals surface area contributed by atoms with Gasteiger partial charge in [-0.1, -0.05) is 251 Å². The molecular formula is C65H109NO8. The fraction of sp³-hybridized carbons (Fsp3) is 0.677. The van der Waals surface area contributed by atoms with E-state index < -0.39 is 49.5 Å². The Balaban J connectivity index is 2.13. The molecule has 0 aliphatic carbocycles. The minimum Gasteiger partial charge on any atom is -0.394 e. The zero-order chi connectivity index (χ0) is 53.6. The molecule has 74 heavy (non-hydrogen) atoms. The van der Waals surface area contributed by atoms with Gasteiger partial charge in [-0.05, 0) is 89.9 Å². The van der Waals surface area contributed by atoms with Crippen LogP contribution in [-0.4, -0.2) is 87.5 Å². The maximum atomic E-state index is 13.0. The summed E-state index contributed by atoms with van der Waals surface area (Å²) in [6, 6.07) is -0.813. The van der Waals surface area contributed by atoms with Crippen molar-refractivity contribution in [2.75, 3.05) is 13.2 Å². The van der Waals surface area contributed by atoms with E-state index in [-0.39, 0.29) is 12.5 Å². The molecule has 0 aromatic carbocycles. The van der Waals surface area contributed by atoms with Crippen LogP contribution in [0.4, 0.5) is 0 Å². The molecule has 422 valence electrons. The van der Waals surface area contributed by atoms with Crippen LogP contribution in [0.25, 0.3) is 0 Å². The van der Waals surface area contributed by atoms with Gasteiger partial charge in [-0.3, -0.25) is 4.79 Å². The highest BCUT2D eigenvalue weighted by molar-refractivity contribution is 5.76. The molecular weight excluding hydrogens is 923 g/mol. The molecule has 0 spiro atoms. The second-order valence-electron chi connectivity index (χ2n) is 20.1. The molecule has 1 fully saturated rings. The quantitative estimate of drug-likeness (QED) is 0.0261. The number of unbranched alkanes of at least 4 members (excludes halogenated alkanes) is 21. The van der Waals surface area contributed by atoms with Gasteiger partial charge in [0.15, 0.2) is 6.29 Å². The highest BCUT2D eigenvalue weighted by atomic mass is 16.7. The summed E-state index contributed by atoms with van der Waals surface area (Å²) in [5.74, 6) is -0.186. The van der Waals surface area contributed by atoms with Crippen molar-refractivity contribution < 1.29 is 39.8 Å². The van der Waals surface area contributed by atoms with E-state index in [0.29, 0.717) is 6.42 Å². The zero-order valence-electron chi connectivity index (χ0n) is 46.8. The number of hydrogen-bond acceptors (Lipinski definition) is 8. The van der Waals surface area contributed by atoms with E-state index in [0.717, 1.165) is 103 Å². The predicted molar refractivity (Wildman–Crippen MR) is 313 cm³/mol. The molecule has 0 radical (unpaired) electrons. The molecule has 0 saturated carbocycles. The number of aliphatic hydroxyl groups excluding tert-OH is 5. The molecule has 9 heteroatoms. The highest BCUT2D eigenvalue weighted by Gasteiger charge is 2.44. The van der Waals surface area contributed by atoms with Crippen molar-refractivity contribution in [2.24, 2.45) is 0 Å². The fourth-order valence-electron chi connectivity index (χ4n) is 8.62. The van der Waals surface area contributed by atoms with E-state index in [2.05, 4.69) is 129 Å². The number of carbonyl (C=O) groups excluding carboxylic acids is 1. The molecule has 1 aliphatic heterocycles. The van der Waals surface area contributed by atoms with E-state index in [9.17, 15) is 30.3 Å². The van der Waals surface area contributed by atoms with Gasteiger partial charge in [0.25, 0.3) is 0 Å². The molecule has 1 rings (SSSR count). The summed E-state index contributed by atoms with van der Waals surface area (Å²) in [5, 5.41) is 54.4. The van der Waals surface area contributed by atoms with Crippen molar-refractivity contribution in [3.05, 3.63) is 122 Å². The third-order valence-electron chi connectivity index (χ3n) is 13.3. The number of hydrogen-bond donors (Lipinski definition) is 6. The third-order valence-corrected chi connectivity index (χ3v) is 13.3. The number of carbonyl (C=O) groups is 1. The third kappa shape index (κ3) is 41.8. The standard InChI is InChI=1S/C65H109NO8/c1-3-5-7-9-11-13-15-17-18-19-20-21-22-23-24-25-26-27-28-29-30-31-32-33-34-35-36-37-38-39-40-41-42-43-45-47-49-51-53-55-61(69)66-58(57-73-65-64(72)63(71)62(70)60(56-67)74-65)59(68)54-52-50-48-46-44-16-14-12-10-8-6-4-2/h5,7,11,13,17-18,20-21,23-24,26-27,29-30,32-33,35-36,52,54,58-60,62-65,67-68,70-72H,3-4,6,8-10,12,14-16,19,22,25,28,31,34,37-51,53,55-57H2,1-2H3,(H,66,69)/b7-5-,13-11-,18-17-,21-20-,24-23-,27-26-,30-29-,33-32-,36-35-,54-52+. The van der Waals surface area contributed by atoms with Crippen LogP contribution in [0.5, 0.6) is 0 Å². The molecule has 7 unspecified atom stereocenters. The van der Waals surface area contributed by atoms with Gasteiger partial charge in [0.05, 0.1) is 25.4 Å². The van der Waals surface area contributed by atoms with Gasteiger partial charge in [-0.15, -0.1) is 0 Å². The summed E-state index contributed by atoms with van der Waals surface area (Å²) in [6.45, 7) is 3.64. The molecule has 7 atom stereocenters. The van der Waals surface area contributed by atoms with Crippen LogP contribution in [0, 0.1) is 0 Å². The number of amides is 1. The van der Waals surface area contributed by atoms with E-state index in [1.54, 1.807) is 6.08 Å². The number of aliphatic hydroxyl groups is 5. The van der Waals surface area contributed by atoms with Crippen LogP contribution in [-0.2, 0) is 14.3 Å². The van der Waals surface area contributed by atoms with E-state index >= 15 is 0 Å². The Morgan fingerprint density at radius 1 is 0.473 bits per heavy atom. The average molecular weight is 1030 g/mol. The Hall–Kier alpha value is -3.41. The maximum Gasteiger partial charge on any atom is 0.220 e. The van der Waals surface area contributed by atoms with Gasteiger partial charge in [-0.2, -0.15) is 0 Å². The zero-order valence-corrected chi connectivity index (χ0v) is 46.8. The Morgan fingerprint density at radius 2 is 0.838 bits per heavy atom. The number of rotatable bonds is 49. The first-order valence-corrected chi connectivity index (χ1v) is 29.8. The Labute approximate surface area is 452 Å². The average Bonchev–Trinajstić information content (AvgIpc) is 3.40. The van der Waals surface area contributed by atoms with Gasteiger partial charge in [0.2, 0.25) is 5.91 Å². The first kappa shape index (κ1) is 68.6. The van der Waals surface area contributed by atoms with Gasteiger partial charge in [0, 0.05) is 6.42 Å².